The highest BCUT2D eigenvalue weighted by molar-refractivity contribution is 7.89. The summed E-state index contributed by atoms with van der Waals surface area (Å²) in [5.74, 6) is -0.0889. The lowest BCUT2D eigenvalue weighted by molar-refractivity contribution is 0.0698. The van der Waals surface area contributed by atoms with E-state index >= 15 is 0 Å². The summed E-state index contributed by atoms with van der Waals surface area (Å²) >= 11 is 0. The van der Waals surface area contributed by atoms with Crippen molar-refractivity contribution >= 4 is 15.9 Å². The van der Waals surface area contributed by atoms with E-state index in [1.165, 1.54) is 4.31 Å². The molecule has 1 fully saturated rings. The Morgan fingerprint density at radius 1 is 0.893 bits per heavy atom. The molecule has 144 valence electrons. The van der Waals surface area contributed by atoms with E-state index in [1.807, 2.05) is 22.9 Å². The van der Waals surface area contributed by atoms with Gasteiger partial charge in [-0.25, -0.2) is 13.4 Å². The van der Waals surface area contributed by atoms with Crippen LogP contribution in [0.3, 0.4) is 0 Å². The monoisotopic (exact) mass is 396 g/mol. The summed E-state index contributed by atoms with van der Waals surface area (Å²) in [6.45, 7) is 1.31. The molecular weight excluding hydrogens is 376 g/mol. The minimum Gasteiger partial charge on any atom is -0.336 e. The van der Waals surface area contributed by atoms with Crippen LogP contribution < -0.4 is 0 Å². The van der Waals surface area contributed by atoms with Gasteiger partial charge < -0.3 is 9.47 Å². The Balaban J connectivity index is 1.41. The minimum atomic E-state index is -3.52. The molecule has 0 radical (unpaired) electrons. The zero-order valence-electron chi connectivity index (χ0n) is 15.2. The number of hydrogen-bond acceptors (Lipinski definition) is 4. The second-order valence-electron chi connectivity index (χ2n) is 6.53. The van der Waals surface area contributed by atoms with Crippen molar-refractivity contribution < 1.29 is 13.2 Å². The van der Waals surface area contributed by atoms with Crippen molar-refractivity contribution in [1.82, 2.24) is 18.8 Å². The Morgan fingerprint density at radius 2 is 1.57 bits per heavy atom. The maximum absolute atomic E-state index is 12.8. The van der Waals surface area contributed by atoms with Crippen LogP contribution in [0.2, 0.25) is 0 Å². The lowest BCUT2D eigenvalue weighted by Gasteiger charge is -2.34. The molecule has 28 heavy (non-hydrogen) atoms. The molecule has 0 atom stereocenters. The Hall–Kier alpha value is -2.97. The number of rotatable bonds is 4. The van der Waals surface area contributed by atoms with Crippen molar-refractivity contribution in [3.8, 4) is 5.69 Å². The van der Waals surface area contributed by atoms with Crippen LogP contribution in [-0.2, 0) is 10.0 Å². The first-order chi connectivity index (χ1) is 13.6. The number of carbonyl (C=O) groups excluding carboxylic acids is 1. The molecule has 0 unspecified atom stereocenters. The molecule has 2 heterocycles. The Morgan fingerprint density at radius 3 is 2.18 bits per heavy atom. The average Bonchev–Trinajstić information content (AvgIpc) is 3.29. The first-order valence-corrected chi connectivity index (χ1v) is 10.4. The van der Waals surface area contributed by atoms with E-state index in [0.29, 0.717) is 18.7 Å². The molecular formula is C20H20N4O3S. The van der Waals surface area contributed by atoms with Gasteiger partial charge in [-0.3, -0.25) is 4.79 Å². The van der Waals surface area contributed by atoms with Crippen molar-refractivity contribution in [1.29, 1.82) is 0 Å². The van der Waals surface area contributed by atoms with Crippen molar-refractivity contribution in [2.45, 2.75) is 4.90 Å². The predicted molar refractivity (Wildman–Crippen MR) is 105 cm³/mol. The van der Waals surface area contributed by atoms with Crippen LogP contribution in [0.25, 0.3) is 5.69 Å². The van der Waals surface area contributed by atoms with E-state index in [9.17, 15) is 13.2 Å². The van der Waals surface area contributed by atoms with Crippen LogP contribution in [0.5, 0.6) is 0 Å². The SMILES string of the molecule is O=C(c1ccc(-n2ccnc2)cc1)N1CCN(S(=O)(=O)c2ccccc2)CC1. The average molecular weight is 396 g/mol. The summed E-state index contributed by atoms with van der Waals surface area (Å²) in [6.07, 6.45) is 5.23. The number of piperazine rings is 1. The molecule has 0 saturated carbocycles. The van der Waals surface area contributed by atoms with Gasteiger partial charge in [-0.2, -0.15) is 4.31 Å². The highest BCUT2D eigenvalue weighted by atomic mass is 32.2. The molecule has 0 N–H and O–H groups in total. The second kappa shape index (κ2) is 7.57. The molecule has 2 aromatic carbocycles. The van der Waals surface area contributed by atoms with Gasteiger partial charge in [0, 0.05) is 49.8 Å². The maximum atomic E-state index is 12.8. The van der Waals surface area contributed by atoms with Crippen molar-refractivity contribution in [3.05, 3.63) is 78.9 Å². The maximum Gasteiger partial charge on any atom is 0.253 e. The number of hydrogen-bond donors (Lipinski definition) is 0. The molecule has 3 aromatic rings. The van der Waals surface area contributed by atoms with Crippen molar-refractivity contribution in [2.24, 2.45) is 0 Å². The smallest absolute Gasteiger partial charge is 0.253 e. The number of sulfonamides is 1. The number of aromatic nitrogens is 2. The third kappa shape index (κ3) is 3.56. The lowest BCUT2D eigenvalue weighted by Crippen LogP contribution is -2.50. The van der Waals surface area contributed by atoms with E-state index in [-0.39, 0.29) is 23.9 Å². The van der Waals surface area contributed by atoms with Gasteiger partial charge in [0.05, 0.1) is 11.2 Å². The van der Waals surface area contributed by atoms with Crippen molar-refractivity contribution in [2.75, 3.05) is 26.2 Å². The number of amides is 1. The van der Waals surface area contributed by atoms with Gasteiger partial charge >= 0.3 is 0 Å². The van der Waals surface area contributed by atoms with Gasteiger partial charge in [0.2, 0.25) is 10.0 Å². The minimum absolute atomic E-state index is 0.0889. The summed E-state index contributed by atoms with van der Waals surface area (Å²) in [7, 11) is -3.52. The summed E-state index contributed by atoms with van der Waals surface area (Å²) in [5, 5.41) is 0. The molecule has 0 aliphatic carbocycles. The predicted octanol–water partition coefficient (Wildman–Crippen LogP) is 2.02. The highest BCUT2D eigenvalue weighted by Gasteiger charge is 2.30. The molecule has 1 aromatic heterocycles. The summed E-state index contributed by atoms with van der Waals surface area (Å²) in [6, 6.07) is 15.7. The largest absolute Gasteiger partial charge is 0.336 e. The zero-order chi connectivity index (χ0) is 19.6. The summed E-state index contributed by atoms with van der Waals surface area (Å²) in [5.41, 5.74) is 1.51. The van der Waals surface area contributed by atoms with Crippen molar-refractivity contribution in [3.63, 3.8) is 0 Å². The van der Waals surface area contributed by atoms with Gasteiger partial charge in [0.25, 0.3) is 5.91 Å². The van der Waals surface area contributed by atoms with Crippen LogP contribution in [0.15, 0.2) is 78.2 Å². The fourth-order valence-electron chi connectivity index (χ4n) is 3.24. The normalized spacial score (nSPS) is 15.5. The van der Waals surface area contributed by atoms with Gasteiger partial charge in [-0.15, -0.1) is 0 Å². The molecule has 7 nitrogen and oxygen atoms in total. The molecule has 1 aliphatic heterocycles. The van der Waals surface area contributed by atoms with E-state index < -0.39 is 10.0 Å². The molecule has 1 amide bonds. The fraction of sp³-hybridized carbons (Fsp3) is 0.200. The quantitative estimate of drug-likeness (QED) is 0.676. The van der Waals surface area contributed by atoms with Crippen LogP contribution in [0.1, 0.15) is 10.4 Å². The topological polar surface area (TPSA) is 75.5 Å². The van der Waals surface area contributed by atoms with Crippen LogP contribution in [0.4, 0.5) is 0 Å². The van der Waals surface area contributed by atoms with Gasteiger partial charge in [-0.05, 0) is 36.4 Å². The van der Waals surface area contributed by atoms with E-state index in [1.54, 1.807) is 59.9 Å². The molecule has 8 heteroatoms. The fourth-order valence-corrected chi connectivity index (χ4v) is 4.69. The number of imidazole rings is 1. The third-order valence-electron chi connectivity index (χ3n) is 4.82. The standard InChI is InChI=1S/C20H20N4O3S/c25-20(17-6-8-18(9-7-17)23-11-10-21-16-23)22-12-14-24(15-13-22)28(26,27)19-4-2-1-3-5-19/h1-11,16H,12-15H2. The van der Waals surface area contributed by atoms with E-state index in [2.05, 4.69) is 4.98 Å². The number of carbonyl (C=O) groups is 1. The van der Waals surface area contributed by atoms with Crippen LogP contribution >= 0.6 is 0 Å². The van der Waals surface area contributed by atoms with Crippen LogP contribution in [0, 0.1) is 0 Å². The van der Waals surface area contributed by atoms with Gasteiger partial charge in [0.15, 0.2) is 0 Å². The first kappa shape index (κ1) is 18.4. The Kier molecular flexibility index (Phi) is 4.97. The Labute approximate surface area is 163 Å². The van der Waals surface area contributed by atoms with Crippen LogP contribution in [-0.4, -0.2) is 59.3 Å². The first-order valence-electron chi connectivity index (χ1n) is 8.98. The van der Waals surface area contributed by atoms with E-state index in [0.717, 1.165) is 5.69 Å². The molecule has 0 spiro atoms. The zero-order valence-corrected chi connectivity index (χ0v) is 16.0. The lowest BCUT2D eigenvalue weighted by atomic mass is 10.1. The van der Waals surface area contributed by atoms with Gasteiger partial charge in [0.1, 0.15) is 0 Å². The Bertz CT molecular complexity index is 1040. The molecule has 1 saturated heterocycles. The highest BCUT2D eigenvalue weighted by Crippen LogP contribution is 2.18. The summed E-state index contributed by atoms with van der Waals surface area (Å²) in [4.78, 5) is 18.8. The number of benzene rings is 2. The van der Waals surface area contributed by atoms with E-state index in [4.69, 9.17) is 0 Å². The third-order valence-corrected chi connectivity index (χ3v) is 6.74. The second-order valence-corrected chi connectivity index (χ2v) is 8.46. The number of nitrogens with zero attached hydrogens (tertiary/aromatic N) is 4. The molecule has 0 bridgehead atoms. The van der Waals surface area contributed by atoms with Gasteiger partial charge in [-0.1, -0.05) is 18.2 Å². The molecule has 1 aliphatic rings. The summed E-state index contributed by atoms with van der Waals surface area (Å²) < 4.78 is 28.7. The molecule has 4 rings (SSSR count).